The third-order valence-corrected chi connectivity index (χ3v) is 4.69. The van der Waals surface area contributed by atoms with E-state index in [1.165, 1.54) is 6.07 Å². The summed E-state index contributed by atoms with van der Waals surface area (Å²) in [7, 11) is 5.33. The second-order valence-corrected chi connectivity index (χ2v) is 7.27. The first-order chi connectivity index (χ1) is 12.1. The van der Waals surface area contributed by atoms with Gasteiger partial charge in [0.2, 0.25) is 5.91 Å². The molecule has 6 heteroatoms. The molecule has 0 aliphatic rings. The fourth-order valence-electron chi connectivity index (χ4n) is 3.28. The molecule has 0 radical (unpaired) electrons. The van der Waals surface area contributed by atoms with Gasteiger partial charge in [-0.15, -0.1) is 0 Å². The fourth-order valence-corrected chi connectivity index (χ4v) is 3.28. The van der Waals surface area contributed by atoms with Crippen molar-refractivity contribution in [1.82, 2.24) is 19.6 Å². The van der Waals surface area contributed by atoms with Gasteiger partial charge in [0.05, 0.1) is 5.69 Å². The summed E-state index contributed by atoms with van der Waals surface area (Å²) in [4.78, 5) is 16.5. The van der Waals surface area contributed by atoms with E-state index in [9.17, 15) is 9.18 Å². The Kier molecular flexibility index (Phi) is 6.18. The number of halogens is 1. The summed E-state index contributed by atoms with van der Waals surface area (Å²) in [5.74, 6) is -0.510. The number of hydrogen-bond donors (Lipinski definition) is 0. The zero-order valence-corrected chi connectivity index (χ0v) is 16.7. The van der Waals surface area contributed by atoms with E-state index in [4.69, 9.17) is 0 Å². The van der Waals surface area contributed by atoms with Crippen molar-refractivity contribution in [3.05, 3.63) is 52.6 Å². The van der Waals surface area contributed by atoms with Crippen molar-refractivity contribution in [2.45, 2.75) is 46.3 Å². The molecule has 1 amide bonds. The highest BCUT2D eigenvalue weighted by Gasteiger charge is 2.29. The van der Waals surface area contributed by atoms with Crippen LogP contribution in [0.2, 0.25) is 0 Å². The van der Waals surface area contributed by atoms with Crippen molar-refractivity contribution < 1.29 is 9.18 Å². The molecule has 0 bridgehead atoms. The van der Waals surface area contributed by atoms with E-state index >= 15 is 0 Å². The lowest BCUT2D eigenvalue weighted by Crippen LogP contribution is -2.38. The quantitative estimate of drug-likeness (QED) is 0.792. The molecular formula is C20H29FN4O. The Labute approximate surface area is 155 Å². The van der Waals surface area contributed by atoms with Crippen molar-refractivity contribution in [2.24, 2.45) is 0 Å². The molecule has 1 atom stereocenters. The van der Waals surface area contributed by atoms with E-state index in [1.54, 1.807) is 49.1 Å². The summed E-state index contributed by atoms with van der Waals surface area (Å²) in [5, 5.41) is 4.58. The van der Waals surface area contributed by atoms with Crippen LogP contribution in [0.15, 0.2) is 24.3 Å². The molecule has 0 fully saturated rings. The van der Waals surface area contributed by atoms with Crippen LogP contribution < -0.4 is 0 Å². The highest BCUT2D eigenvalue weighted by atomic mass is 19.1. The first-order valence-corrected chi connectivity index (χ1v) is 8.85. The molecule has 0 saturated heterocycles. The third kappa shape index (κ3) is 3.96. The largest absolute Gasteiger partial charge is 0.340 e. The van der Waals surface area contributed by atoms with Crippen molar-refractivity contribution in [1.29, 1.82) is 0 Å². The lowest BCUT2D eigenvalue weighted by Gasteiger charge is -2.29. The van der Waals surface area contributed by atoms with Crippen LogP contribution in [0.4, 0.5) is 4.39 Å². The number of nitrogens with zero attached hydrogens (tertiary/aromatic N) is 4. The van der Waals surface area contributed by atoms with Gasteiger partial charge in [0.15, 0.2) is 0 Å². The van der Waals surface area contributed by atoms with E-state index in [0.29, 0.717) is 12.1 Å². The summed E-state index contributed by atoms with van der Waals surface area (Å²) < 4.78 is 16.2. The number of carbonyl (C=O) groups excluding carboxylic acids is 1. The molecule has 0 aliphatic carbocycles. The Morgan fingerprint density at radius 2 is 1.81 bits per heavy atom. The number of benzene rings is 1. The van der Waals surface area contributed by atoms with Crippen LogP contribution in [-0.4, -0.2) is 46.6 Å². The third-order valence-electron chi connectivity index (χ3n) is 4.69. The molecule has 142 valence electrons. The highest BCUT2D eigenvalue weighted by Crippen LogP contribution is 2.25. The number of amides is 1. The Hall–Kier alpha value is -2.21. The second-order valence-electron chi connectivity index (χ2n) is 7.27. The number of likely N-dealkylation sites (N-methyl/N-ethyl adjacent to an activating group) is 2. The average molecular weight is 360 g/mol. The molecule has 1 aromatic carbocycles. The monoisotopic (exact) mass is 360 g/mol. The molecule has 0 saturated carbocycles. The van der Waals surface area contributed by atoms with Gasteiger partial charge in [0.1, 0.15) is 11.9 Å². The molecular weight excluding hydrogens is 331 g/mol. The number of hydrogen-bond acceptors (Lipinski definition) is 3. The van der Waals surface area contributed by atoms with Crippen molar-refractivity contribution in [3.63, 3.8) is 0 Å². The van der Waals surface area contributed by atoms with Gasteiger partial charge >= 0.3 is 0 Å². The molecule has 0 aliphatic heterocycles. The number of aromatic nitrogens is 2. The Balaban J connectivity index is 2.30. The molecule has 1 unspecified atom stereocenters. The molecule has 26 heavy (non-hydrogen) atoms. The minimum absolute atomic E-state index is 0.142. The zero-order valence-electron chi connectivity index (χ0n) is 16.7. The number of carbonyl (C=O) groups is 1. The van der Waals surface area contributed by atoms with E-state index < -0.39 is 6.04 Å². The van der Waals surface area contributed by atoms with Gasteiger partial charge in [0, 0.05) is 36.5 Å². The van der Waals surface area contributed by atoms with Crippen molar-refractivity contribution in [2.75, 3.05) is 21.1 Å². The second kappa shape index (κ2) is 7.99. The van der Waals surface area contributed by atoms with Crippen LogP contribution in [0, 0.1) is 19.7 Å². The first kappa shape index (κ1) is 20.1. The molecule has 2 rings (SSSR count). The van der Waals surface area contributed by atoms with Gasteiger partial charge in [0.25, 0.3) is 0 Å². The van der Waals surface area contributed by atoms with Gasteiger partial charge in [-0.1, -0.05) is 18.2 Å². The summed E-state index contributed by atoms with van der Waals surface area (Å²) in [5.41, 5.74) is 3.41. The summed E-state index contributed by atoms with van der Waals surface area (Å²) in [6.07, 6.45) is 0. The lowest BCUT2D eigenvalue weighted by molar-refractivity contribution is -0.135. The van der Waals surface area contributed by atoms with Gasteiger partial charge in [-0.05, 0) is 47.9 Å². The van der Waals surface area contributed by atoms with E-state index in [-0.39, 0.29) is 17.8 Å². The van der Waals surface area contributed by atoms with E-state index in [1.807, 2.05) is 18.5 Å². The minimum atomic E-state index is -0.665. The Morgan fingerprint density at radius 1 is 1.19 bits per heavy atom. The van der Waals surface area contributed by atoms with Crippen molar-refractivity contribution >= 4 is 5.91 Å². The Morgan fingerprint density at radius 3 is 2.31 bits per heavy atom. The number of rotatable bonds is 6. The van der Waals surface area contributed by atoms with Gasteiger partial charge in [-0.2, -0.15) is 5.10 Å². The Bertz CT molecular complexity index is 782. The summed E-state index contributed by atoms with van der Waals surface area (Å²) in [6, 6.07) is 6.04. The number of aryl methyl sites for hydroxylation is 1. The molecule has 5 nitrogen and oxygen atoms in total. The van der Waals surface area contributed by atoms with E-state index in [2.05, 4.69) is 18.9 Å². The summed E-state index contributed by atoms with van der Waals surface area (Å²) >= 11 is 0. The van der Waals surface area contributed by atoms with Gasteiger partial charge in [-0.25, -0.2) is 4.39 Å². The van der Waals surface area contributed by atoms with Crippen LogP contribution in [0.5, 0.6) is 0 Å². The topological polar surface area (TPSA) is 41.4 Å². The normalized spacial score (nSPS) is 12.7. The van der Waals surface area contributed by atoms with Crippen LogP contribution in [-0.2, 0) is 11.3 Å². The highest BCUT2D eigenvalue weighted by molar-refractivity contribution is 5.83. The zero-order chi connectivity index (χ0) is 19.6. The maximum atomic E-state index is 14.3. The lowest BCUT2D eigenvalue weighted by atomic mass is 10.0. The maximum Gasteiger partial charge on any atom is 0.244 e. The van der Waals surface area contributed by atoms with Gasteiger partial charge < -0.3 is 4.90 Å². The SMILES string of the molecule is Cc1nn(C(C)C)c(C)c1CN(C)C(=O)C(c1ccccc1F)N(C)C. The predicted molar refractivity (Wildman–Crippen MR) is 101 cm³/mol. The van der Waals surface area contributed by atoms with Crippen LogP contribution >= 0.6 is 0 Å². The minimum Gasteiger partial charge on any atom is -0.340 e. The van der Waals surface area contributed by atoms with Crippen LogP contribution in [0.3, 0.4) is 0 Å². The predicted octanol–water partition coefficient (Wildman–Crippen LogP) is 3.48. The van der Waals surface area contributed by atoms with Crippen LogP contribution in [0.1, 0.15) is 48.4 Å². The molecule has 0 spiro atoms. The molecule has 0 N–H and O–H groups in total. The molecule has 2 aromatic rings. The standard InChI is InChI=1S/C20H29FN4O/c1-13(2)25-15(4)17(14(3)22-25)12-24(7)20(26)19(23(5)6)16-10-8-9-11-18(16)21/h8-11,13,19H,12H2,1-7H3. The van der Waals surface area contributed by atoms with Gasteiger partial charge in [-0.3, -0.25) is 14.4 Å². The maximum absolute atomic E-state index is 14.3. The smallest absolute Gasteiger partial charge is 0.244 e. The fraction of sp³-hybridized carbons (Fsp3) is 0.500. The van der Waals surface area contributed by atoms with Crippen molar-refractivity contribution in [3.8, 4) is 0 Å². The summed E-state index contributed by atoms with van der Waals surface area (Å²) in [6.45, 7) is 8.59. The molecule has 1 heterocycles. The molecule has 1 aromatic heterocycles. The van der Waals surface area contributed by atoms with E-state index in [0.717, 1.165) is 17.0 Å². The first-order valence-electron chi connectivity index (χ1n) is 8.85. The average Bonchev–Trinajstić information content (AvgIpc) is 2.84. The van der Waals surface area contributed by atoms with Crippen LogP contribution in [0.25, 0.3) is 0 Å².